The standard InChI is InChI=1S/C17H21N3O3/c1-11(21)18-14-6-8-20(9-7-14)17(23)13-2-4-15-12(10-13)3-5-16(22)19-15/h2,4,10,14H,3,5-9H2,1H3,(H,18,21)(H,19,22). The molecule has 0 saturated carbocycles. The number of aryl methyl sites for hydroxylation is 1. The first-order valence-electron chi connectivity index (χ1n) is 8.02. The lowest BCUT2D eigenvalue weighted by molar-refractivity contribution is -0.120. The van der Waals surface area contributed by atoms with Crippen LogP contribution in [0.1, 0.15) is 42.1 Å². The number of anilines is 1. The van der Waals surface area contributed by atoms with Crippen molar-refractivity contribution in [1.29, 1.82) is 0 Å². The summed E-state index contributed by atoms with van der Waals surface area (Å²) in [7, 11) is 0. The van der Waals surface area contributed by atoms with Gasteiger partial charge in [-0.3, -0.25) is 14.4 Å². The average Bonchev–Trinajstić information content (AvgIpc) is 2.54. The molecule has 0 atom stereocenters. The predicted octanol–water partition coefficient (Wildman–Crippen LogP) is 1.31. The predicted molar refractivity (Wildman–Crippen MR) is 86.1 cm³/mol. The van der Waals surface area contributed by atoms with Crippen LogP contribution >= 0.6 is 0 Å². The molecule has 0 spiro atoms. The zero-order chi connectivity index (χ0) is 16.4. The lowest BCUT2D eigenvalue weighted by atomic mass is 9.99. The van der Waals surface area contributed by atoms with Crippen molar-refractivity contribution in [1.82, 2.24) is 10.2 Å². The Bertz CT molecular complexity index is 648. The van der Waals surface area contributed by atoms with Gasteiger partial charge in [0.1, 0.15) is 0 Å². The monoisotopic (exact) mass is 315 g/mol. The lowest BCUT2D eigenvalue weighted by Gasteiger charge is -2.32. The molecular formula is C17H21N3O3. The Morgan fingerprint density at radius 2 is 1.96 bits per heavy atom. The number of hydrogen-bond donors (Lipinski definition) is 2. The van der Waals surface area contributed by atoms with Crippen LogP contribution in [0.2, 0.25) is 0 Å². The van der Waals surface area contributed by atoms with Gasteiger partial charge in [-0.25, -0.2) is 0 Å². The first-order chi connectivity index (χ1) is 11.0. The number of benzene rings is 1. The summed E-state index contributed by atoms with van der Waals surface area (Å²) in [6.07, 6.45) is 2.71. The van der Waals surface area contributed by atoms with Gasteiger partial charge in [0.05, 0.1) is 0 Å². The van der Waals surface area contributed by atoms with Crippen LogP contribution in [0.15, 0.2) is 18.2 Å². The van der Waals surface area contributed by atoms with Crippen molar-refractivity contribution < 1.29 is 14.4 Å². The van der Waals surface area contributed by atoms with Crippen LogP contribution in [0.5, 0.6) is 0 Å². The Morgan fingerprint density at radius 1 is 1.22 bits per heavy atom. The molecule has 2 aliphatic heterocycles. The number of carbonyl (C=O) groups excluding carboxylic acids is 3. The smallest absolute Gasteiger partial charge is 0.253 e. The SMILES string of the molecule is CC(=O)NC1CCN(C(=O)c2ccc3c(c2)CCC(=O)N3)CC1. The van der Waals surface area contributed by atoms with E-state index in [2.05, 4.69) is 10.6 Å². The number of nitrogens with one attached hydrogen (secondary N) is 2. The summed E-state index contributed by atoms with van der Waals surface area (Å²) in [4.78, 5) is 36.9. The number of hydrogen-bond acceptors (Lipinski definition) is 3. The van der Waals surface area contributed by atoms with Gasteiger partial charge in [0.2, 0.25) is 11.8 Å². The third kappa shape index (κ3) is 3.52. The molecule has 1 aromatic carbocycles. The summed E-state index contributed by atoms with van der Waals surface area (Å²) in [5, 5.41) is 5.73. The van der Waals surface area contributed by atoms with E-state index in [0.717, 1.165) is 24.1 Å². The molecule has 0 bridgehead atoms. The van der Waals surface area contributed by atoms with Crippen LogP contribution in [0, 0.1) is 0 Å². The van der Waals surface area contributed by atoms with Crippen molar-refractivity contribution >= 4 is 23.4 Å². The third-order valence-electron chi connectivity index (χ3n) is 4.44. The maximum absolute atomic E-state index is 12.6. The molecule has 6 heteroatoms. The number of carbonyl (C=O) groups is 3. The lowest BCUT2D eigenvalue weighted by Crippen LogP contribution is -2.46. The minimum Gasteiger partial charge on any atom is -0.353 e. The normalized spacial score (nSPS) is 18.1. The molecule has 1 saturated heterocycles. The number of nitrogens with zero attached hydrogens (tertiary/aromatic N) is 1. The van der Waals surface area contributed by atoms with Crippen molar-refractivity contribution in [3.63, 3.8) is 0 Å². The van der Waals surface area contributed by atoms with E-state index >= 15 is 0 Å². The van der Waals surface area contributed by atoms with E-state index in [9.17, 15) is 14.4 Å². The zero-order valence-corrected chi connectivity index (χ0v) is 13.2. The number of likely N-dealkylation sites (tertiary alicyclic amines) is 1. The van der Waals surface area contributed by atoms with Gasteiger partial charge in [0, 0.05) is 43.7 Å². The molecule has 2 N–H and O–H groups in total. The largest absolute Gasteiger partial charge is 0.353 e. The molecule has 1 fully saturated rings. The van der Waals surface area contributed by atoms with E-state index < -0.39 is 0 Å². The minimum absolute atomic E-state index is 0.0194. The summed E-state index contributed by atoms with van der Waals surface area (Å²) in [6.45, 7) is 2.82. The van der Waals surface area contributed by atoms with Gasteiger partial charge in [-0.05, 0) is 43.0 Å². The fraction of sp³-hybridized carbons (Fsp3) is 0.471. The quantitative estimate of drug-likeness (QED) is 0.864. The van der Waals surface area contributed by atoms with E-state index in [0.29, 0.717) is 31.5 Å². The number of rotatable bonds is 2. The van der Waals surface area contributed by atoms with Crippen molar-refractivity contribution in [2.75, 3.05) is 18.4 Å². The van der Waals surface area contributed by atoms with Crippen molar-refractivity contribution in [2.24, 2.45) is 0 Å². The highest BCUT2D eigenvalue weighted by atomic mass is 16.2. The Hall–Kier alpha value is -2.37. The zero-order valence-electron chi connectivity index (χ0n) is 13.2. The van der Waals surface area contributed by atoms with Crippen LogP contribution in [-0.4, -0.2) is 41.8 Å². The minimum atomic E-state index is -0.0217. The van der Waals surface area contributed by atoms with Crippen LogP contribution in [0.4, 0.5) is 5.69 Å². The Labute approximate surface area is 135 Å². The number of fused-ring (bicyclic) bond motifs is 1. The van der Waals surface area contributed by atoms with Crippen LogP contribution in [0.25, 0.3) is 0 Å². The summed E-state index contributed by atoms with van der Waals surface area (Å²) in [5.41, 5.74) is 2.49. The molecule has 23 heavy (non-hydrogen) atoms. The maximum Gasteiger partial charge on any atom is 0.253 e. The molecular weight excluding hydrogens is 294 g/mol. The van der Waals surface area contributed by atoms with Crippen LogP contribution < -0.4 is 10.6 Å². The first kappa shape index (κ1) is 15.5. The molecule has 3 rings (SSSR count). The van der Waals surface area contributed by atoms with E-state index in [1.165, 1.54) is 6.92 Å². The summed E-state index contributed by atoms with van der Waals surface area (Å²) in [6, 6.07) is 5.63. The molecule has 0 aliphatic carbocycles. The molecule has 1 aromatic rings. The van der Waals surface area contributed by atoms with Crippen LogP contribution in [-0.2, 0) is 16.0 Å². The summed E-state index contributed by atoms with van der Waals surface area (Å²) in [5.74, 6) is 0.0223. The van der Waals surface area contributed by atoms with Crippen molar-refractivity contribution in [3.05, 3.63) is 29.3 Å². The fourth-order valence-corrected chi connectivity index (χ4v) is 3.21. The second kappa shape index (κ2) is 6.40. The Morgan fingerprint density at radius 3 is 2.65 bits per heavy atom. The molecule has 122 valence electrons. The van der Waals surface area contributed by atoms with Gasteiger partial charge < -0.3 is 15.5 Å². The summed E-state index contributed by atoms with van der Waals surface area (Å²) < 4.78 is 0. The van der Waals surface area contributed by atoms with Gasteiger partial charge in [0.25, 0.3) is 5.91 Å². The first-order valence-corrected chi connectivity index (χ1v) is 8.02. The molecule has 2 aliphatic rings. The number of amides is 3. The second-order valence-electron chi connectivity index (χ2n) is 6.19. The second-order valence-corrected chi connectivity index (χ2v) is 6.19. The van der Waals surface area contributed by atoms with E-state index in [1.54, 1.807) is 6.07 Å². The highest BCUT2D eigenvalue weighted by Gasteiger charge is 2.25. The molecule has 0 radical (unpaired) electrons. The maximum atomic E-state index is 12.6. The average molecular weight is 315 g/mol. The number of piperidine rings is 1. The Kier molecular flexibility index (Phi) is 4.32. The topological polar surface area (TPSA) is 78.5 Å². The van der Waals surface area contributed by atoms with Gasteiger partial charge in [-0.15, -0.1) is 0 Å². The molecule has 2 heterocycles. The van der Waals surface area contributed by atoms with Crippen molar-refractivity contribution in [2.45, 2.75) is 38.6 Å². The van der Waals surface area contributed by atoms with Crippen LogP contribution in [0.3, 0.4) is 0 Å². The van der Waals surface area contributed by atoms with Gasteiger partial charge in [-0.1, -0.05) is 0 Å². The fourth-order valence-electron chi connectivity index (χ4n) is 3.21. The molecule has 0 unspecified atom stereocenters. The van der Waals surface area contributed by atoms with E-state index in [4.69, 9.17) is 0 Å². The molecule has 6 nitrogen and oxygen atoms in total. The highest BCUT2D eigenvalue weighted by Crippen LogP contribution is 2.24. The van der Waals surface area contributed by atoms with Gasteiger partial charge in [-0.2, -0.15) is 0 Å². The third-order valence-corrected chi connectivity index (χ3v) is 4.44. The Balaban J connectivity index is 1.65. The van der Waals surface area contributed by atoms with E-state index in [1.807, 2.05) is 17.0 Å². The van der Waals surface area contributed by atoms with E-state index in [-0.39, 0.29) is 23.8 Å². The van der Waals surface area contributed by atoms with Gasteiger partial charge >= 0.3 is 0 Å². The highest BCUT2D eigenvalue weighted by molar-refractivity contribution is 5.98. The molecule has 0 aromatic heterocycles. The van der Waals surface area contributed by atoms with Crippen molar-refractivity contribution in [3.8, 4) is 0 Å². The molecule has 3 amide bonds. The summed E-state index contributed by atoms with van der Waals surface area (Å²) >= 11 is 0. The van der Waals surface area contributed by atoms with Gasteiger partial charge in [0.15, 0.2) is 0 Å².